The predicted molar refractivity (Wildman–Crippen MR) is 85.6 cm³/mol. The first-order valence-electron chi connectivity index (χ1n) is 6.38. The van der Waals surface area contributed by atoms with Crippen molar-refractivity contribution in [1.29, 1.82) is 0 Å². The van der Waals surface area contributed by atoms with Gasteiger partial charge >= 0.3 is 0 Å². The van der Waals surface area contributed by atoms with Gasteiger partial charge in [-0.25, -0.2) is 0 Å². The Balaban J connectivity index is 2.81. The average molecular weight is 248 g/mol. The van der Waals surface area contributed by atoms with Gasteiger partial charge in [-0.2, -0.15) is 0 Å². The molecular formula is C19H20. The van der Waals surface area contributed by atoms with Crippen LogP contribution in [-0.2, 0) is 0 Å². The fourth-order valence-electron chi connectivity index (χ4n) is 1.76. The Morgan fingerprint density at radius 3 is 2.58 bits per heavy atom. The second-order valence-corrected chi connectivity index (χ2v) is 4.32. The van der Waals surface area contributed by atoms with E-state index in [1.165, 1.54) is 5.57 Å². The molecule has 0 N–H and O–H groups in total. The smallest absolute Gasteiger partial charge is 0.00853 e. The van der Waals surface area contributed by atoms with Crippen molar-refractivity contribution in [3.63, 3.8) is 0 Å². The van der Waals surface area contributed by atoms with Crippen LogP contribution in [0.3, 0.4) is 0 Å². The van der Waals surface area contributed by atoms with Crippen molar-refractivity contribution in [2.75, 3.05) is 0 Å². The Morgan fingerprint density at radius 1 is 1.32 bits per heavy atom. The molecule has 0 unspecified atom stereocenters. The van der Waals surface area contributed by atoms with Crippen molar-refractivity contribution in [2.45, 2.75) is 20.3 Å². The van der Waals surface area contributed by atoms with Gasteiger partial charge in [-0.1, -0.05) is 61.1 Å². The molecule has 0 amide bonds. The third-order valence-electron chi connectivity index (χ3n) is 2.89. The van der Waals surface area contributed by atoms with Crippen molar-refractivity contribution < 1.29 is 0 Å². The summed E-state index contributed by atoms with van der Waals surface area (Å²) in [6, 6.07) is 10.2. The number of benzene rings is 1. The van der Waals surface area contributed by atoms with Crippen LogP contribution in [0.5, 0.6) is 0 Å². The normalized spacial score (nSPS) is 12.5. The van der Waals surface area contributed by atoms with Crippen molar-refractivity contribution in [3.05, 3.63) is 77.9 Å². The highest BCUT2D eigenvalue weighted by Gasteiger charge is 2.00. The van der Waals surface area contributed by atoms with Crippen molar-refractivity contribution in [1.82, 2.24) is 0 Å². The van der Waals surface area contributed by atoms with E-state index in [1.807, 2.05) is 37.3 Å². The molecule has 0 atom stereocenters. The fraction of sp³-hybridized carbons (Fsp3) is 0.158. The Hall–Kier alpha value is -2.26. The molecule has 0 nitrogen and oxygen atoms in total. The van der Waals surface area contributed by atoms with Crippen molar-refractivity contribution in [3.8, 4) is 12.3 Å². The van der Waals surface area contributed by atoms with E-state index in [0.717, 1.165) is 23.1 Å². The summed E-state index contributed by atoms with van der Waals surface area (Å²) >= 11 is 0. The van der Waals surface area contributed by atoms with Gasteiger partial charge in [0.15, 0.2) is 0 Å². The third-order valence-corrected chi connectivity index (χ3v) is 2.89. The van der Waals surface area contributed by atoms with Gasteiger partial charge in [0.25, 0.3) is 0 Å². The molecule has 0 heteroatoms. The second-order valence-electron chi connectivity index (χ2n) is 4.32. The SMILES string of the molecule is C#C/C=C(\C=C/C)C/C=C(/C)C(=C)c1ccccc1. The van der Waals surface area contributed by atoms with E-state index < -0.39 is 0 Å². The van der Waals surface area contributed by atoms with Gasteiger partial charge in [0.2, 0.25) is 0 Å². The minimum Gasteiger partial charge on any atom is -0.115 e. The number of hydrogen-bond donors (Lipinski definition) is 0. The fourth-order valence-corrected chi connectivity index (χ4v) is 1.76. The zero-order chi connectivity index (χ0) is 14.1. The first kappa shape index (κ1) is 14.8. The quantitative estimate of drug-likeness (QED) is 0.498. The number of allylic oxidation sites excluding steroid dienone is 7. The van der Waals surface area contributed by atoms with E-state index in [2.05, 4.69) is 37.6 Å². The largest absolute Gasteiger partial charge is 0.115 e. The zero-order valence-corrected chi connectivity index (χ0v) is 11.7. The van der Waals surface area contributed by atoms with Gasteiger partial charge < -0.3 is 0 Å². The molecule has 0 aromatic heterocycles. The first-order chi connectivity index (χ1) is 9.19. The summed E-state index contributed by atoms with van der Waals surface area (Å²) in [7, 11) is 0. The molecule has 0 saturated heterocycles. The molecule has 0 radical (unpaired) electrons. The maximum atomic E-state index is 5.32. The summed E-state index contributed by atoms with van der Waals surface area (Å²) in [6.07, 6.45) is 14.1. The van der Waals surface area contributed by atoms with Crippen LogP contribution in [0.4, 0.5) is 0 Å². The molecule has 0 bridgehead atoms. The molecule has 19 heavy (non-hydrogen) atoms. The summed E-state index contributed by atoms with van der Waals surface area (Å²) in [5, 5.41) is 0. The van der Waals surface area contributed by atoms with Crippen molar-refractivity contribution >= 4 is 5.57 Å². The maximum Gasteiger partial charge on any atom is -0.00853 e. The topological polar surface area (TPSA) is 0 Å². The van der Waals surface area contributed by atoms with Gasteiger partial charge in [-0.3, -0.25) is 0 Å². The third kappa shape index (κ3) is 4.85. The highest BCUT2D eigenvalue weighted by Crippen LogP contribution is 2.21. The molecule has 1 rings (SSSR count). The Kier molecular flexibility index (Phi) is 6.19. The van der Waals surface area contributed by atoms with Gasteiger partial charge in [-0.05, 0) is 48.6 Å². The molecule has 0 aliphatic carbocycles. The summed E-state index contributed by atoms with van der Waals surface area (Å²) in [5.74, 6) is 2.57. The molecule has 0 saturated carbocycles. The molecular weight excluding hydrogens is 228 g/mol. The number of hydrogen-bond acceptors (Lipinski definition) is 0. The Labute approximate surface area is 116 Å². The van der Waals surface area contributed by atoms with Crippen LogP contribution >= 0.6 is 0 Å². The second kappa shape index (κ2) is 7.95. The van der Waals surface area contributed by atoms with Crippen LogP contribution < -0.4 is 0 Å². The van der Waals surface area contributed by atoms with E-state index in [-0.39, 0.29) is 0 Å². The monoisotopic (exact) mass is 248 g/mol. The lowest BCUT2D eigenvalue weighted by Gasteiger charge is -2.06. The summed E-state index contributed by atoms with van der Waals surface area (Å²) in [6.45, 7) is 8.22. The lowest BCUT2D eigenvalue weighted by atomic mass is 9.99. The van der Waals surface area contributed by atoms with Crippen LogP contribution in [0.15, 0.2) is 72.4 Å². The molecule has 1 aromatic carbocycles. The molecule has 96 valence electrons. The molecule has 0 aliphatic rings. The maximum absolute atomic E-state index is 5.32. The van der Waals surface area contributed by atoms with Crippen LogP contribution in [0.2, 0.25) is 0 Å². The van der Waals surface area contributed by atoms with Gasteiger partial charge in [0.1, 0.15) is 0 Å². The van der Waals surface area contributed by atoms with Crippen LogP contribution in [0.1, 0.15) is 25.8 Å². The molecule has 0 spiro atoms. The van der Waals surface area contributed by atoms with Crippen LogP contribution in [0.25, 0.3) is 5.57 Å². The lowest BCUT2D eigenvalue weighted by molar-refractivity contribution is 1.25. The summed E-state index contributed by atoms with van der Waals surface area (Å²) in [4.78, 5) is 0. The molecule has 0 fully saturated rings. The van der Waals surface area contributed by atoms with Crippen LogP contribution in [0, 0.1) is 12.3 Å². The molecule has 1 aromatic rings. The van der Waals surface area contributed by atoms with E-state index in [4.69, 9.17) is 6.42 Å². The molecule has 0 heterocycles. The Morgan fingerprint density at radius 2 is 2.00 bits per heavy atom. The zero-order valence-electron chi connectivity index (χ0n) is 11.7. The minimum atomic E-state index is 0.826. The lowest BCUT2D eigenvalue weighted by Crippen LogP contribution is -1.85. The first-order valence-corrected chi connectivity index (χ1v) is 6.38. The highest BCUT2D eigenvalue weighted by atomic mass is 14.0. The van der Waals surface area contributed by atoms with E-state index in [0.29, 0.717) is 0 Å². The highest BCUT2D eigenvalue weighted by molar-refractivity contribution is 5.76. The summed E-state index contributed by atoms with van der Waals surface area (Å²) in [5.41, 5.74) is 4.52. The predicted octanol–water partition coefficient (Wildman–Crippen LogP) is 5.17. The Bertz CT molecular complexity index is 545. The van der Waals surface area contributed by atoms with E-state index in [9.17, 15) is 0 Å². The van der Waals surface area contributed by atoms with Crippen LogP contribution in [-0.4, -0.2) is 0 Å². The van der Waals surface area contributed by atoms with Gasteiger partial charge in [-0.15, -0.1) is 6.42 Å². The number of rotatable bonds is 5. The van der Waals surface area contributed by atoms with E-state index in [1.54, 1.807) is 6.08 Å². The average Bonchev–Trinajstić information content (AvgIpc) is 2.45. The van der Waals surface area contributed by atoms with E-state index >= 15 is 0 Å². The van der Waals surface area contributed by atoms with Gasteiger partial charge in [0.05, 0.1) is 0 Å². The minimum absolute atomic E-state index is 0.826. The number of terminal acetylenes is 1. The van der Waals surface area contributed by atoms with Gasteiger partial charge in [0, 0.05) is 0 Å². The van der Waals surface area contributed by atoms with Crippen molar-refractivity contribution in [2.24, 2.45) is 0 Å². The summed E-state index contributed by atoms with van der Waals surface area (Å²) < 4.78 is 0. The standard InChI is InChI=1S/C19H20/c1-5-10-18(11-6-2)15-14-16(3)17(4)19-12-8-7-9-13-19/h1,6-14H,4,15H2,2-3H3/b11-6-,16-14-,18-10+. The molecule has 0 aliphatic heterocycles.